The van der Waals surface area contributed by atoms with E-state index in [0.29, 0.717) is 16.5 Å². The van der Waals surface area contributed by atoms with Crippen LogP contribution in [0.5, 0.6) is 0 Å². The summed E-state index contributed by atoms with van der Waals surface area (Å²) in [6, 6.07) is 3.92. The van der Waals surface area contributed by atoms with Gasteiger partial charge in [-0.25, -0.2) is 9.97 Å². The number of carbonyl (C=O) groups excluding carboxylic acids is 1. The van der Waals surface area contributed by atoms with Crippen LogP contribution in [0.15, 0.2) is 24.5 Å². The first kappa shape index (κ1) is 18.2. The molecule has 1 N–H and O–H groups in total. The number of hydrogen-bond donors (Lipinski definition) is 1. The van der Waals surface area contributed by atoms with Crippen LogP contribution >= 0.6 is 11.6 Å². The number of amides is 1. The van der Waals surface area contributed by atoms with E-state index in [0.717, 1.165) is 36.2 Å². The minimum atomic E-state index is -0.0699. The monoisotopic (exact) mass is 346 g/mol. The minimum Gasteiger partial charge on any atom is -0.342 e. The van der Waals surface area contributed by atoms with E-state index >= 15 is 0 Å². The first-order valence-electron chi connectivity index (χ1n) is 8.03. The predicted octanol–water partition coefficient (Wildman–Crippen LogP) is 4.36. The molecule has 5 nitrogen and oxygen atoms in total. The molecule has 0 radical (unpaired) electrons. The summed E-state index contributed by atoms with van der Waals surface area (Å²) in [5.41, 5.74) is 3.37. The van der Waals surface area contributed by atoms with Crippen LogP contribution < -0.4 is 5.32 Å². The Hall–Kier alpha value is -2.14. The Kier molecular flexibility index (Phi) is 6.15. The molecule has 0 spiro atoms. The maximum atomic E-state index is 12.3. The number of anilines is 2. The minimum absolute atomic E-state index is 0.0699. The molecule has 0 saturated carbocycles. The number of nitrogens with zero attached hydrogens (tertiary/aromatic N) is 3. The van der Waals surface area contributed by atoms with Crippen molar-refractivity contribution < 1.29 is 4.79 Å². The maximum Gasteiger partial charge on any atom is 0.256 e. The van der Waals surface area contributed by atoms with E-state index in [9.17, 15) is 4.79 Å². The molecule has 1 amide bonds. The fourth-order valence-corrected chi connectivity index (χ4v) is 2.77. The van der Waals surface area contributed by atoms with Crippen molar-refractivity contribution in [3.8, 4) is 0 Å². The van der Waals surface area contributed by atoms with Crippen molar-refractivity contribution in [1.29, 1.82) is 0 Å². The van der Waals surface area contributed by atoms with Gasteiger partial charge in [0.2, 0.25) is 5.95 Å². The van der Waals surface area contributed by atoms with Crippen molar-refractivity contribution in [1.82, 2.24) is 14.9 Å². The van der Waals surface area contributed by atoms with Crippen molar-refractivity contribution in [3.05, 3.63) is 46.2 Å². The lowest BCUT2D eigenvalue weighted by atomic mass is 10.1. The van der Waals surface area contributed by atoms with Gasteiger partial charge in [-0.05, 0) is 37.5 Å². The normalized spacial score (nSPS) is 10.5. The van der Waals surface area contributed by atoms with E-state index in [1.165, 1.54) is 12.4 Å². The molecule has 0 saturated heterocycles. The first-order valence-corrected chi connectivity index (χ1v) is 8.41. The quantitative estimate of drug-likeness (QED) is 0.844. The van der Waals surface area contributed by atoms with Crippen molar-refractivity contribution in [2.75, 3.05) is 18.9 Å². The molecule has 1 aromatic heterocycles. The Labute approximate surface area is 148 Å². The van der Waals surface area contributed by atoms with E-state index in [-0.39, 0.29) is 5.91 Å². The molecule has 0 unspecified atom stereocenters. The molecule has 128 valence electrons. The Morgan fingerprint density at radius 3 is 2.50 bits per heavy atom. The van der Waals surface area contributed by atoms with Crippen LogP contribution in [0.3, 0.4) is 0 Å². The van der Waals surface area contributed by atoms with Gasteiger partial charge in [-0.2, -0.15) is 0 Å². The molecule has 0 aliphatic heterocycles. The second-order valence-corrected chi connectivity index (χ2v) is 6.35. The third kappa shape index (κ3) is 4.45. The van der Waals surface area contributed by atoms with Crippen molar-refractivity contribution in [2.45, 2.75) is 33.6 Å². The third-order valence-electron chi connectivity index (χ3n) is 3.76. The lowest BCUT2D eigenvalue weighted by Crippen LogP contribution is -2.27. The molecule has 0 atom stereocenters. The Morgan fingerprint density at radius 1 is 1.25 bits per heavy atom. The van der Waals surface area contributed by atoms with Gasteiger partial charge in [0.1, 0.15) is 0 Å². The highest BCUT2D eigenvalue weighted by molar-refractivity contribution is 6.33. The Morgan fingerprint density at radius 2 is 1.92 bits per heavy atom. The van der Waals surface area contributed by atoms with E-state index in [4.69, 9.17) is 11.6 Å². The second kappa shape index (κ2) is 8.11. The van der Waals surface area contributed by atoms with Gasteiger partial charge < -0.3 is 10.2 Å². The van der Waals surface area contributed by atoms with E-state index in [1.54, 1.807) is 11.9 Å². The summed E-state index contributed by atoms with van der Waals surface area (Å²) in [7, 11) is 1.79. The number of rotatable bonds is 6. The van der Waals surface area contributed by atoms with Crippen molar-refractivity contribution in [2.24, 2.45) is 0 Å². The number of nitrogens with one attached hydrogen (secondary N) is 1. The van der Waals surface area contributed by atoms with E-state index < -0.39 is 0 Å². The van der Waals surface area contributed by atoms with Crippen LogP contribution in [0.25, 0.3) is 0 Å². The fourth-order valence-electron chi connectivity index (χ4n) is 2.41. The molecular weight excluding hydrogens is 324 g/mol. The topological polar surface area (TPSA) is 58.1 Å². The second-order valence-electron chi connectivity index (χ2n) is 5.94. The van der Waals surface area contributed by atoms with Gasteiger partial charge in [0.25, 0.3) is 5.91 Å². The molecule has 0 aliphatic carbocycles. The van der Waals surface area contributed by atoms with Gasteiger partial charge >= 0.3 is 0 Å². The summed E-state index contributed by atoms with van der Waals surface area (Å²) in [5, 5.41) is 3.74. The number of benzene rings is 1. The standard InChI is InChI=1S/C18H23ClN4O/c1-5-6-7-23(4)17(24)14-10-20-18(21-11-14)22-16-13(3)8-12(2)9-15(16)19/h8-11H,5-7H2,1-4H3,(H,20,21,22). The highest BCUT2D eigenvalue weighted by Gasteiger charge is 2.13. The van der Waals surface area contributed by atoms with E-state index in [1.807, 2.05) is 26.0 Å². The summed E-state index contributed by atoms with van der Waals surface area (Å²) < 4.78 is 0. The number of unbranched alkanes of at least 4 members (excludes halogenated alkanes) is 1. The maximum absolute atomic E-state index is 12.3. The van der Waals surface area contributed by atoms with Gasteiger partial charge in [-0.3, -0.25) is 4.79 Å². The molecule has 2 rings (SSSR count). The smallest absolute Gasteiger partial charge is 0.256 e. The van der Waals surface area contributed by atoms with E-state index in [2.05, 4.69) is 22.2 Å². The zero-order chi connectivity index (χ0) is 17.7. The van der Waals surface area contributed by atoms with Crippen LogP contribution in [0, 0.1) is 13.8 Å². The zero-order valence-electron chi connectivity index (χ0n) is 14.6. The summed E-state index contributed by atoms with van der Waals surface area (Å²) in [6.45, 7) is 6.80. The van der Waals surface area contributed by atoms with Gasteiger partial charge in [0.05, 0.1) is 16.3 Å². The number of halogens is 1. The zero-order valence-corrected chi connectivity index (χ0v) is 15.3. The Bertz CT molecular complexity index is 692. The molecule has 0 fully saturated rings. The molecule has 1 aromatic carbocycles. The van der Waals surface area contributed by atoms with Gasteiger partial charge in [0, 0.05) is 26.0 Å². The number of aryl methyl sites for hydroxylation is 2. The highest BCUT2D eigenvalue weighted by atomic mass is 35.5. The largest absolute Gasteiger partial charge is 0.342 e. The Balaban J connectivity index is 2.11. The summed E-state index contributed by atoms with van der Waals surface area (Å²) >= 11 is 6.28. The van der Waals surface area contributed by atoms with Crippen molar-refractivity contribution in [3.63, 3.8) is 0 Å². The molecule has 6 heteroatoms. The lowest BCUT2D eigenvalue weighted by Gasteiger charge is -2.16. The summed E-state index contributed by atoms with van der Waals surface area (Å²) in [5.74, 6) is 0.344. The predicted molar refractivity (Wildman–Crippen MR) is 98.1 cm³/mol. The third-order valence-corrected chi connectivity index (χ3v) is 4.06. The van der Waals surface area contributed by atoms with Gasteiger partial charge in [-0.15, -0.1) is 0 Å². The van der Waals surface area contributed by atoms with Gasteiger partial charge in [-0.1, -0.05) is 31.0 Å². The summed E-state index contributed by atoms with van der Waals surface area (Å²) in [6.07, 6.45) is 5.11. The molecular formula is C18H23ClN4O. The van der Waals surface area contributed by atoms with Gasteiger partial charge in [0.15, 0.2) is 0 Å². The van der Waals surface area contributed by atoms with Crippen LogP contribution in [0.2, 0.25) is 5.02 Å². The number of carbonyl (C=O) groups is 1. The lowest BCUT2D eigenvalue weighted by molar-refractivity contribution is 0.0792. The van der Waals surface area contributed by atoms with Crippen LogP contribution in [0.1, 0.15) is 41.3 Å². The fraction of sp³-hybridized carbons (Fsp3) is 0.389. The summed E-state index contributed by atoms with van der Waals surface area (Å²) in [4.78, 5) is 22.4. The van der Waals surface area contributed by atoms with Crippen LogP contribution in [-0.4, -0.2) is 34.4 Å². The molecule has 2 aromatic rings. The first-order chi connectivity index (χ1) is 11.4. The SMILES string of the molecule is CCCCN(C)C(=O)c1cnc(Nc2c(C)cc(C)cc2Cl)nc1. The average molecular weight is 347 g/mol. The average Bonchev–Trinajstić information content (AvgIpc) is 2.55. The molecule has 24 heavy (non-hydrogen) atoms. The van der Waals surface area contributed by atoms with Crippen LogP contribution in [0.4, 0.5) is 11.6 Å². The molecule has 0 aliphatic rings. The van der Waals surface area contributed by atoms with Crippen LogP contribution in [-0.2, 0) is 0 Å². The number of aromatic nitrogens is 2. The number of hydrogen-bond acceptors (Lipinski definition) is 4. The molecule has 1 heterocycles. The molecule has 0 bridgehead atoms. The highest BCUT2D eigenvalue weighted by Crippen LogP contribution is 2.29. The van der Waals surface area contributed by atoms with Crippen molar-refractivity contribution >= 4 is 29.1 Å².